The average molecular weight is 379 g/mol. The van der Waals surface area contributed by atoms with E-state index < -0.39 is 15.2 Å². The molecule has 1 aromatic rings. The van der Waals surface area contributed by atoms with Crippen LogP contribution in [0.3, 0.4) is 0 Å². The number of thioether (sulfide) groups is 1. The highest BCUT2D eigenvalue weighted by atomic mass is 79.9. The molecule has 1 aliphatic rings. The summed E-state index contributed by atoms with van der Waals surface area (Å²) in [5.74, 6) is 1.55. The average Bonchev–Trinajstić information content (AvgIpc) is 2.37. The highest BCUT2D eigenvalue weighted by Gasteiger charge is 2.32. The molecule has 2 atom stereocenters. The third-order valence-electron chi connectivity index (χ3n) is 3.39. The van der Waals surface area contributed by atoms with Gasteiger partial charge in [0.1, 0.15) is 5.37 Å². The van der Waals surface area contributed by atoms with Crippen LogP contribution in [-0.2, 0) is 9.84 Å². The second kappa shape index (κ2) is 6.25. The third kappa shape index (κ3) is 3.50. The Morgan fingerprint density at radius 3 is 2.75 bits per heavy atom. The molecule has 0 bridgehead atoms. The fraction of sp³-hybridized carbons (Fsp3) is 0.538. The topological polar surface area (TPSA) is 63.4 Å². The monoisotopic (exact) mass is 378 g/mol. The summed E-state index contributed by atoms with van der Waals surface area (Å²) in [6, 6.07) is 5.85. The molecule has 0 saturated carbocycles. The number of halogens is 1. The molecule has 2 unspecified atom stereocenters. The number of hydrogen-bond acceptors (Lipinski definition) is 5. The summed E-state index contributed by atoms with van der Waals surface area (Å²) in [4.78, 5) is 1.97. The Labute approximate surface area is 133 Å². The van der Waals surface area contributed by atoms with E-state index in [1.165, 1.54) is 6.26 Å². The van der Waals surface area contributed by atoms with Gasteiger partial charge in [0, 0.05) is 34.8 Å². The Morgan fingerprint density at radius 2 is 2.20 bits per heavy atom. The SMILES string of the molecule is CC(N)c1ccc(N2CCSCC2S(C)(=O)=O)c(Br)c1. The van der Waals surface area contributed by atoms with Crippen LogP contribution in [0.1, 0.15) is 18.5 Å². The predicted molar refractivity (Wildman–Crippen MR) is 90.0 cm³/mol. The second-order valence-corrected chi connectivity index (χ2v) is 9.26. The number of sulfone groups is 1. The molecule has 0 spiro atoms. The number of nitrogens with two attached hydrogens (primary N) is 1. The number of benzene rings is 1. The van der Waals surface area contributed by atoms with Gasteiger partial charge in [0.05, 0.1) is 5.69 Å². The van der Waals surface area contributed by atoms with Crippen molar-refractivity contribution in [3.63, 3.8) is 0 Å². The molecular weight excluding hydrogens is 360 g/mol. The fourth-order valence-electron chi connectivity index (χ4n) is 2.25. The molecular formula is C13H19BrN2O2S2. The van der Waals surface area contributed by atoms with E-state index in [-0.39, 0.29) is 6.04 Å². The van der Waals surface area contributed by atoms with Gasteiger partial charge in [0.2, 0.25) is 0 Å². The standard InChI is InChI=1S/C13H19BrN2O2S2/c1-9(15)10-3-4-12(11(14)7-10)16-5-6-19-8-13(16)20(2,17)18/h3-4,7,9,13H,5-6,8,15H2,1-2H3. The van der Waals surface area contributed by atoms with E-state index in [1.54, 1.807) is 11.8 Å². The van der Waals surface area contributed by atoms with Crippen molar-refractivity contribution in [2.45, 2.75) is 18.3 Å². The molecule has 1 heterocycles. The molecule has 0 radical (unpaired) electrons. The van der Waals surface area contributed by atoms with Gasteiger partial charge in [0.25, 0.3) is 0 Å². The van der Waals surface area contributed by atoms with E-state index in [1.807, 2.05) is 30.0 Å². The van der Waals surface area contributed by atoms with Gasteiger partial charge in [0.15, 0.2) is 9.84 Å². The summed E-state index contributed by atoms with van der Waals surface area (Å²) >= 11 is 5.23. The molecule has 0 aliphatic carbocycles. The van der Waals surface area contributed by atoms with Gasteiger partial charge in [-0.05, 0) is 40.5 Å². The lowest BCUT2D eigenvalue weighted by atomic mass is 10.1. The van der Waals surface area contributed by atoms with Crippen molar-refractivity contribution < 1.29 is 8.42 Å². The van der Waals surface area contributed by atoms with Crippen LogP contribution >= 0.6 is 27.7 Å². The molecule has 112 valence electrons. The van der Waals surface area contributed by atoms with Crippen LogP contribution in [0.25, 0.3) is 0 Å². The quantitative estimate of drug-likeness (QED) is 0.874. The van der Waals surface area contributed by atoms with Crippen molar-refractivity contribution in [2.75, 3.05) is 29.2 Å². The van der Waals surface area contributed by atoms with E-state index >= 15 is 0 Å². The maximum absolute atomic E-state index is 12.0. The highest BCUT2D eigenvalue weighted by molar-refractivity contribution is 9.10. The van der Waals surface area contributed by atoms with E-state index in [4.69, 9.17) is 5.73 Å². The minimum absolute atomic E-state index is 0.0389. The number of rotatable bonds is 3. The summed E-state index contributed by atoms with van der Waals surface area (Å²) in [7, 11) is -3.11. The summed E-state index contributed by atoms with van der Waals surface area (Å²) in [5, 5.41) is -0.460. The van der Waals surface area contributed by atoms with Crippen LogP contribution < -0.4 is 10.6 Å². The molecule has 4 nitrogen and oxygen atoms in total. The molecule has 20 heavy (non-hydrogen) atoms. The van der Waals surface area contributed by atoms with Crippen molar-refractivity contribution in [3.8, 4) is 0 Å². The lowest BCUT2D eigenvalue weighted by Crippen LogP contribution is -2.47. The smallest absolute Gasteiger partial charge is 0.169 e. The molecule has 7 heteroatoms. The summed E-state index contributed by atoms with van der Waals surface area (Å²) in [6.45, 7) is 2.66. The maximum atomic E-state index is 12.0. The van der Waals surface area contributed by atoms with Crippen molar-refractivity contribution in [1.82, 2.24) is 0 Å². The first-order valence-corrected chi connectivity index (χ1v) is 10.3. The Kier molecular flexibility index (Phi) is 5.05. The lowest BCUT2D eigenvalue weighted by Gasteiger charge is -2.36. The molecule has 0 aromatic heterocycles. The van der Waals surface area contributed by atoms with Gasteiger partial charge >= 0.3 is 0 Å². The third-order valence-corrected chi connectivity index (χ3v) is 6.66. The van der Waals surface area contributed by atoms with Crippen molar-refractivity contribution in [3.05, 3.63) is 28.2 Å². The lowest BCUT2D eigenvalue weighted by molar-refractivity contribution is 0.584. The number of nitrogens with zero attached hydrogens (tertiary/aromatic N) is 1. The van der Waals surface area contributed by atoms with Crippen molar-refractivity contribution in [2.24, 2.45) is 5.73 Å². The largest absolute Gasteiger partial charge is 0.353 e. The van der Waals surface area contributed by atoms with Gasteiger partial charge in [-0.2, -0.15) is 11.8 Å². The molecule has 0 amide bonds. The Morgan fingerprint density at radius 1 is 1.50 bits per heavy atom. The molecule has 1 aromatic carbocycles. The molecule has 1 aliphatic heterocycles. The zero-order chi connectivity index (χ0) is 14.9. The number of anilines is 1. The highest BCUT2D eigenvalue weighted by Crippen LogP contribution is 2.34. The van der Waals surface area contributed by atoms with Crippen molar-refractivity contribution >= 4 is 43.2 Å². The van der Waals surface area contributed by atoms with Crippen LogP contribution in [0, 0.1) is 0 Å². The normalized spacial score (nSPS) is 21.8. The Bertz CT molecular complexity index is 590. The Balaban J connectivity index is 2.38. The zero-order valence-electron chi connectivity index (χ0n) is 11.5. The van der Waals surface area contributed by atoms with Gasteiger partial charge in [-0.25, -0.2) is 8.42 Å². The first-order valence-electron chi connectivity index (χ1n) is 6.39. The molecule has 2 N–H and O–H groups in total. The van der Waals surface area contributed by atoms with Crippen molar-refractivity contribution in [1.29, 1.82) is 0 Å². The van der Waals surface area contributed by atoms with Gasteiger partial charge in [-0.1, -0.05) is 6.07 Å². The van der Waals surface area contributed by atoms with Crippen LogP contribution in [-0.4, -0.2) is 38.1 Å². The zero-order valence-corrected chi connectivity index (χ0v) is 14.8. The van der Waals surface area contributed by atoms with Gasteiger partial charge in [-0.3, -0.25) is 0 Å². The van der Waals surface area contributed by atoms with Crippen LogP contribution in [0.2, 0.25) is 0 Å². The minimum atomic E-state index is -3.11. The minimum Gasteiger partial charge on any atom is -0.353 e. The van der Waals surface area contributed by atoms with Gasteiger partial charge < -0.3 is 10.6 Å². The first kappa shape index (κ1) is 16.1. The second-order valence-electron chi connectivity index (χ2n) is 5.05. The molecule has 1 saturated heterocycles. The summed E-state index contributed by atoms with van der Waals surface area (Å²) in [5.41, 5.74) is 7.83. The van der Waals surface area contributed by atoms with Crippen LogP contribution in [0.5, 0.6) is 0 Å². The maximum Gasteiger partial charge on any atom is 0.169 e. The molecule has 2 rings (SSSR count). The van der Waals surface area contributed by atoms with Crippen LogP contribution in [0.15, 0.2) is 22.7 Å². The number of hydrogen-bond donors (Lipinski definition) is 1. The first-order chi connectivity index (χ1) is 9.30. The van der Waals surface area contributed by atoms with E-state index in [2.05, 4.69) is 15.9 Å². The predicted octanol–water partition coefficient (Wildman–Crippen LogP) is 2.39. The molecule has 1 fully saturated rings. The summed E-state index contributed by atoms with van der Waals surface area (Å²) < 4.78 is 24.8. The van der Waals surface area contributed by atoms with E-state index in [0.29, 0.717) is 5.75 Å². The Hall–Kier alpha value is -0.240. The van der Waals surface area contributed by atoms with E-state index in [9.17, 15) is 8.42 Å². The fourth-order valence-corrected chi connectivity index (χ4v) is 5.71. The summed E-state index contributed by atoms with van der Waals surface area (Å²) in [6.07, 6.45) is 1.31. The van der Waals surface area contributed by atoms with E-state index in [0.717, 1.165) is 28.0 Å². The van der Waals surface area contributed by atoms with Gasteiger partial charge in [-0.15, -0.1) is 0 Å². The van der Waals surface area contributed by atoms with Crippen LogP contribution in [0.4, 0.5) is 5.69 Å².